The molecule has 0 aliphatic carbocycles. The van der Waals surface area contributed by atoms with Gasteiger partial charge in [-0.25, -0.2) is 4.98 Å². The minimum absolute atomic E-state index is 0.606. The van der Waals surface area contributed by atoms with Crippen molar-refractivity contribution in [2.24, 2.45) is 0 Å². The van der Waals surface area contributed by atoms with Crippen molar-refractivity contribution in [1.29, 1.82) is 0 Å². The Morgan fingerprint density at radius 3 is 2.70 bits per heavy atom. The van der Waals surface area contributed by atoms with Crippen molar-refractivity contribution in [3.05, 3.63) is 53.7 Å². The molecule has 0 aliphatic heterocycles. The van der Waals surface area contributed by atoms with Crippen LogP contribution in [0.5, 0.6) is 5.75 Å². The third-order valence-corrected chi connectivity index (χ3v) is 3.57. The maximum Gasteiger partial charge on any atom is 0.171 e. The zero-order valence-electron chi connectivity index (χ0n) is 13.6. The Hall–Kier alpha value is -2.14. The van der Waals surface area contributed by atoms with Crippen molar-refractivity contribution >= 4 is 23.1 Å². The van der Waals surface area contributed by atoms with Crippen LogP contribution in [0.25, 0.3) is 0 Å². The van der Waals surface area contributed by atoms with E-state index in [4.69, 9.17) is 17.0 Å². The lowest BCUT2D eigenvalue weighted by atomic mass is 10.1. The van der Waals surface area contributed by atoms with Gasteiger partial charge in [0, 0.05) is 12.7 Å². The smallest absolute Gasteiger partial charge is 0.171 e. The molecule has 0 atom stereocenters. The molecule has 5 heteroatoms. The molecule has 0 aliphatic rings. The van der Waals surface area contributed by atoms with E-state index < -0.39 is 0 Å². The Labute approximate surface area is 143 Å². The number of aromatic nitrogens is 1. The number of rotatable bonds is 7. The summed E-state index contributed by atoms with van der Waals surface area (Å²) < 4.78 is 5.44. The first-order valence-electron chi connectivity index (χ1n) is 7.86. The second-order valence-electron chi connectivity index (χ2n) is 5.28. The number of hydrogen-bond donors (Lipinski definition) is 2. The van der Waals surface area contributed by atoms with Gasteiger partial charge < -0.3 is 15.4 Å². The van der Waals surface area contributed by atoms with Gasteiger partial charge >= 0.3 is 0 Å². The van der Waals surface area contributed by atoms with Gasteiger partial charge in [-0.05, 0) is 74.3 Å². The summed E-state index contributed by atoms with van der Waals surface area (Å²) in [5, 5.41) is 6.91. The van der Waals surface area contributed by atoms with Crippen molar-refractivity contribution in [2.45, 2.75) is 26.7 Å². The summed E-state index contributed by atoms with van der Waals surface area (Å²) in [5.41, 5.74) is 2.45. The third-order valence-electron chi connectivity index (χ3n) is 3.32. The van der Waals surface area contributed by atoms with E-state index in [1.165, 1.54) is 5.56 Å². The van der Waals surface area contributed by atoms with Gasteiger partial charge in [-0.1, -0.05) is 12.1 Å². The van der Waals surface area contributed by atoms with Gasteiger partial charge in [0.05, 0.1) is 6.61 Å². The molecule has 2 rings (SSSR count). The van der Waals surface area contributed by atoms with Crippen molar-refractivity contribution < 1.29 is 4.74 Å². The number of benzene rings is 1. The molecule has 2 N–H and O–H groups in total. The monoisotopic (exact) mass is 329 g/mol. The summed E-state index contributed by atoms with van der Waals surface area (Å²) in [7, 11) is 0. The number of aryl methyl sites for hydroxylation is 2. The molecule has 122 valence electrons. The maximum absolute atomic E-state index is 5.44. The highest BCUT2D eigenvalue weighted by Gasteiger charge is 1.99. The van der Waals surface area contributed by atoms with Crippen LogP contribution in [-0.4, -0.2) is 23.2 Å². The largest absolute Gasteiger partial charge is 0.494 e. The Bertz CT molecular complexity index is 628. The number of anilines is 1. The zero-order chi connectivity index (χ0) is 16.5. The normalized spacial score (nSPS) is 10.2. The molecule has 0 radical (unpaired) electrons. The fourth-order valence-corrected chi connectivity index (χ4v) is 2.39. The Morgan fingerprint density at radius 1 is 1.22 bits per heavy atom. The number of thiocarbonyl (C=S) groups is 1. The minimum atomic E-state index is 0.606. The van der Waals surface area contributed by atoms with Crippen LogP contribution in [0.3, 0.4) is 0 Å². The summed E-state index contributed by atoms with van der Waals surface area (Å²) in [6, 6.07) is 12.2. The molecule has 0 saturated heterocycles. The third kappa shape index (κ3) is 6.24. The standard InChI is InChI=1S/C18H23N3OS/c1-3-22-16-8-6-15(7-9-16)5-4-11-20-18(23)21-17-13-14(2)10-12-19-17/h6-10,12-13H,3-5,11H2,1-2H3,(H2,19,20,21,23). The van der Waals surface area contributed by atoms with Gasteiger partial charge in [-0.2, -0.15) is 0 Å². The number of pyridine rings is 1. The van der Waals surface area contributed by atoms with Crippen molar-refractivity contribution in [3.63, 3.8) is 0 Å². The number of ether oxygens (including phenoxy) is 1. The van der Waals surface area contributed by atoms with Gasteiger partial charge in [0.15, 0.2) is 5.11 Å². The highest BCUT2D eigenvalue weighted by molar-refractivity contribution is 7.80. The van der Waals surface area contributed by atoms with E-state index >= 15 is 0 Å². The topological polar surface area (TPSA) is 46.2 Å². The van der Waals surface area contributed by atoms with Gasteiger partial charge in [0.25, 0.3) is 0 Å². The van der Waals surface area contributed by atoms with Crippen LogP contribution in [0.1, 0.15) is 24.5 Å². The average molecular weight is 329 g/mol. The van der Waals surface area contributed by atoms with E-state index in [0.717, 1.165) is 36.5 Å². The fourth-order valence-electron chi connectivity index (χ4n) is 2.18. The van der Waals surface area contributed by atoms with Crippen molar-refractivity contribution in [1.82, 2.24) is 10.3 Å². The molecule has 0 fully saturated rings. The SMILES string of the molecule is CCOc1ccc(CCCNC(=S)Nc2cc(C)ccn2)cc1. The first-order chi connectivity index (χ1) is 11.2. The van der Waals surface area contributed by atoms with Gasteiger partial charge in [0.1, 0.15) is 11.6 Å². The number of nitrogens with zero attached hydrogens (tertiary/aromatic N) is 1. The molecule has 0 amide bonds. The number of nitrogens with one attached hydrogen (secondary N) is 2. The molecule has 1 aromatic carbocycles. The van der Waals surface area contributed by atoms with Gasteiger partial charge in [-0.15, -0.1) is 0 Å². The minimum Gasteiger partial charge on any atom is -0.494 e. The molecule has 2 aromatic rings. The highest BCUT2D eigenvalue weighted by Crippen LogP contribution is 2.13. The summed E-state index contributed by atoms with van der Waals surface area (Å²) in [4.78, 5) is 4.23. The maximum atomic E-state index is 5.44. The molecular weight excluding hydrogens is 306 g/mol. The fraction of sp³-hybridized carbons (Fsp3) is 0.333. The first-order valence-corrected chi connectivity index (χ1v) is 8.27. The molecule has 4 nitrogen and oxygen atoms in total. The van der Waals surface area contributed by atoms with Crippen LogP contribution in [-0.2, 0) is 6.42 Å². The summed E-state index contributed by atoms with van der Waals surface area (Å²) >= 11 is 5.28. The lowest BCUT2D eigenvalue weighted by Gasteiger charge is -2.10. The predicted octanol–water partition coefficient (Wildman–Crippen LogP) is 3.71. The van der Waals surface area contributed by atoms with E-state index in [1.807, 2.05) is 38.1 Å². The van der Waals surface area contributed by atoms with Crippen LogP contribution < -0.4 is 15.4 Å². The second kappa shape index (κ2) is 9.10. The Balaban J connectivity index is 1.67. The van der Waals surface area contributed by atoms with E-state index in [2.05, 4.69) is 27.8 Å². The first kappa shape index (κ1) is 17.2. The van der Waals surface area contributed by atoms with Crippen LogP contribution >= 0.6 is 12.2 Å². The molecule has 0 saturated carbocycles. The molecule has 1 aromatic heterocycles. The van der Waals surface area contributed by atoms with Crippen LogP contribution in [0.4, 0.5) is 5.82 Å². The molecule has 0 bridgehead atoms. The van der Waals surface area contributed by atoms with Crippen LogP contribution in [0, 0.1) is 6.92 Å². The van der Waals surface area contributed by atoms with E-state index in [9.17, 15) is 0 Å². The Morgan fingerprint density at radius 2 is 2.00 bits per heavy atom. The van der Waals surface area contributed by atoms with Crippen molar-refractivity contribution in [2.75, 3.05) is 18.5 Å². The van der Waals surface area contributed by atoms with Crippen LogP contribution in [0.15, 0.2) is 42.6 Å². The van der Waals surface area contributed by atoms with Gasteiger partial charge in [0.2, 0.25) is 0 Å². The summed E-state index contributed by atoms with van der Waals surface area (Å²) in [5.74, 6) is 1.69. The molecule has 1 heterocycles. The van der Waals surface area contributed by atoms with Crippen molar-refractivity contribution in [3.8, 4) is 5.75 Å². The van der Waals surface area contributed by atoms with Gasteiger partial charge in [-0.3, -0.25) is 0 Å². The number of hydrogen-bond acceptors (Lipinski definition) is 3. The van der Waals surface area contributed by atoms with E-state index in [1.54, 1.807) is 6.20 Å². The molecule has 0 unspecified atom stereocenters. The van der Waals surface area contributed by atoms with E-state index in [0.29, 0.717) is 11.7 Å². The zero-order valence-corrected chi connectivity index (χ0v) is 14.5. The summed E-state index contributed by atoms with van der Waals surface area (Å²) in [6.07, 6.45) is 3.79. The summed E-state index contributed by atoms with van der Waals surface area (Å²) in [6.45, 7) is 5.54. The lowest BCUT2D eigenvalue weighted by molar-refractivity contribution is 0.340. The second-order valence-corrected chi connectivity index (χ2v) is 5.69. The molecule has 0 spiro atoms. The molecular formula is C18H23N3OS. The Kier molecular flexibility index (Phi) is 6.81. The predicted molar refractivity (Wildman–Crippen MR) is 99.1 cm³/mol. The average Bonchev–Trinajstić information content (AvgIpc) is 2.53. The van der Waals surface area contributed by atoms with E-state index in [-0.39, 0.29) is 0 Å². The molecule has 23 heavy (non-hydrogen) atoms. The quantitative estimate of drug-likeness (QED) is 0.599. The highest BCUT2D eigenvalue weighted by atomic mass is 32.1. The lowest BCUT2D eigenvalue weighted by Crippen LogP contribution is -2.29. The van der Waals surface area contributed by atoms with Crippen LogP contribution in [0.2, 0.25) is 0 Å².